The van der Waals surface area contributed by atoms with E-state index in [9.17, 15) is 4.39 Å². The first-order chi connectivity index (χ1) is 15.6. The van der Waals surface area contributed by atoms with E-state index in [1.165, 1.54) is 17.1 Å². The van der Waals surface area contributed by atoms with Crippen LogP contribution >= 0.6 is 11.6 Å². The molecule has 0 spiro atoms. The summed E-state index contributed by atoms with van der Waals surface area (Å²) in [7, 11) is -0.636. The molecule has 3 aromatic heterocycles. The van der Waals surface area contributed by atoms with Gasteiger partial charge in [0.15, 0.2) is 0 Å². The quantitative estimate of drug-likeness (QED) is 0.335. The molecule has 1 aliphatic heterocycles. The number of benzene rings is 1. The van der Waals surface area contributed by atoms with Gasteiger partial charge in [-0.15, -0.1) is 5.10 Å². The highest BCUT2D eigenvalue weighted by molar-refractivity contribution is 6.66. The van der Waals surface area contributed by atoms with Crippen LogP contribution in [0.15, 0.2) is 43.0 Å². The second kappa shape index (κ2) is 7.61. The fourth-order valence-electron chi connectivity index (χ4n) is 3.88. The molecule has 1 fully saturated rings. The highest BCUT2D eigenvalue weighted by atomic mass is 35.5. The number of hydrogen-bond acceptors (Lipinski definition) is 6. The maximum absolute atomic E-state index is 14.2. The Hall–Kier alpha value is -2.82. The van der Waals surface area contributed by atoms with E-state index in [4.69, 9.17) is 20.9 Å². The number of hydrogen-bond donors (Lipinski definition) is 0. The first-order valence-corrected chi connectivity index (χ1v) is 11.0. The van der Waals surface area contributed by atoms with Crippen molar-refractivity contribution in [2.45, 2.75) is 51.9 Å². The van der Waals surface area contributed by atoms with Crippen molar-refractivity contribution in [1.82, 2.24) is 29.5 Å². The molecule has 1 saturated heterocycles. The summed E-state index contributed by atoms with van der Waals surface area (Å²) in [5, 5.41) is 9.37. The van der Waals surface area contributed by atoms with Crippen LogP contribution in [-0.4, -0.2) is 47.8 Å². The Morgan fingerprint density at radius 3 is 2.45 bits per heavy atom. The zero-order valence-electron chi connectivity index (χ0n) is 19.0. The Morgan fingerprint density at radius 1 is 1.06 bits per heavy atom. The summed E-state index contributed by atoms with van der Waals surface area (Å²) in [6, 6.07) is 6.13. The number of aromatic nitrogens is 6. The average Bonchev–Trinajstić information content (AvgIpc) is 3.43. The van der Waals surface area contributed by atoms with Gasteiger partial charge in [-0.1, -0.05) is 28.9 Å². The molecule has 0 amide bonds. The maximum atomic E-state index is 14.2. The van der Waals surface area contributed by atoms with Crippen molar-refractivity contribution in [1.29, 1.82) is 0 Å². The highest BCUT2D eigenvalue weighted by Crippen LogP contribution is 2.38. The fraction of sp³-hybridized carbons (Fsp3) is 0.364. The third kappa shape index (κ3) is 3.53. The molecular formula is C22H23BClFN6O2. The molecule has 0 radical (unpaired) electrons. The van der Waals surface area contributed by atoms with Crippen molar-refractivity contribution in [3.8, 4) is 5.69 Å². The van der Waals surface area contributed by atoms with Gasteiger partial charge in [0, 0.05) is 11.7 Å². The molecule has 1 atom stereocenters. The summed E-state index contributed by atoms with van der Waals surface area (Å²) >= 11 is 6.50. The van der Waals surface area contributed by atoms with Gasteiger partial charge in [-0.2, -0.15) is 0 Å². The zero-order valence-corrected chi connectivity index (χ0v) is 19.7. The molecule has 0 aliphatic carbocycles. The van der Waals surface area contributed by atoms with Crippen molar-refractivity contribution in [3.05, 3.63) is 59.7 Å². The molecule has 0 saturated carbocycles. The third-order valence-corrected chi connectivity index (χ3v) is 6.84. The van der Waals surface area contributed by atoms with Gasteiger partial charge in [-0.25, -0.2) is 19.0 Å². The van der Waals surface area contributed by atoms with Crippen LogP contribution in [0.4, 0.5) is 4.39 Å². The first kappa shape index (κ1) is 22.0. The standard InChI is InChI=1S/C22H23BClFN6O2/c1-13(16-11-31(29-28-16)17-9-7-6-8-15(17)25)30-10-14(18-19(24)26-12-27-20(18)30)23-32-21(2,3)22(4,5)33-23/h6-13H,1-5H3. The van der Waals surface area contributed by atoms with Gasteiger partial charge in [0.2, 0.25) is 0 Å². The van der Waals surface area contributed by atoms with E-state index < -0.39 is 18.3 Å². The average molecular weight is 469 g/mol. The fourth-order valence-corrected chi connectivity index (χ4v) is 4.12. The smallest absolute Gasteiger partial charge is 0.399 e. The van der Waals surface area contributed by atoms with Gasteiger partial charge >= 0.3 is 7.12 Å². The lowest BCUT2D eigenvalue weighted by Crippen LogP contribution is -2.41. The Bertz CT molecular complexity index is 1340. The summed E-state index contributed by atoms with van der Waals surface area (Å²) in [6.45, 7) is 9.93. The summed E-state index contributed by atoms with van der Waals surface area (Å²) < 4.78 is 30.1. The molecule has 8 nitrogen and oxygen atoms in total. The third-order valence-electron chi connectivity index (χ3n) is 6.56. The molecule has 11 heteroatoms. The SMILES string of the molecule is CC(c1cn(-c2ccccc2F)nn1)n1cc(B2OC(C)(C)C(C)(C)O2)c2c(Cl)ncnc21. The second-order valence-electron chi connectivity index (χ2n) is 9.16. The molecule has 0 N–H and O–H groups in total. The number of nitrogens with zero attached hydrogens (tertiary/aromatic N) is 6. The van der Waals surface area contributed by atoms with Crippen LogP contribution < -0.4 is 5.46 Å². The lowest BCUT2D eigenvalue weighted by Gasteiger charge is -2.32. The molecule has 1 aliphatic rings. The van der Waals surface area contributed by atoms with Gasteiger partial charge in [0.1, 0.15) is 34.3 Å². The predicted octanol–water partition coefficient (Wildman–Crippen LogP) is 3.71. The molecule has 0 bridgehead atoms. The van der Waals surface area contributed by atoms with Crippen LogP contribution in [0.2, 0.25) is 5.15 Å². The molecule has 170 valence electrons. The predicted molar refractivity (Wildman–Crippen MR) is 123 cm³/mol. The number of para-hydroxylation sites is 1. The van der Waals surface area contributed by atoms with E-state index in [1.807, 2.05) is 45.4 Å². The summed E-state index contributed by atoms with van der Waals surface area (Å²) in [6.07, 6.45) is 5.02. The van der Waals surface area contributed by atoms with E-state index in [0.717, 1.165) is 5.46 Å². The summed E-state index contributed by atoms with van der Waals surface area (Å²) in [5.41, 5.74) is 1.29. The summed E-state index contributed by atoms with van der Waals surface area (Å²) in [5.74, 6) is -0.379. The monoisotopic (exact) mass is 468 g/mol. The minimum atomic E-state index is -0.636. The zero-order chi connectivity index (χ0) is 23.5. The van der Waals surface area contributed by atoms with E-state index in [2.05, 4.69) is 20.3 Å². The lowest BCUT2D eigenvalue weighted by molar-refractivity contribution is 0.00578. The van der Waals surface area contributed by atoms with E-state index >= 15 is 0 Å². The van der Waals surface area contributed by atoms with Gasteiger partial charge in [-0.05, 0) is 46.8 Å². The molecule has 33 heavy (non-hydrogen) atoms. The number of fused-ring (bicyclic) bond motifs is 1. The molecule has 5 rings (SSSR count). The number of rotatable bonds is 4. The second-order valence-corrected chi connectivity index (χ2v) is 9.52. The molecular weight excluding hydrogens is 446 g/mol. The number of halogens is 2. The van der Waals surface area contributed by atoms with Crippen LogP contribution in [0.5, 0.6) is 0 Å². The lowest BCUT2D eigenvalue weighted by atomic mass is 9.79. The van der Waals surface area contributed by atoms with Crippen molar-refractivity contribution < 1.29 is 13.7 Å². The van der Waals surface area contributed by atoms with E-state index in [-0.39, 0.29) is 11.9 Å². The molecule has 4 heterocycles. The van der Waals surface area contributed by atoms with Crippen LogP contribution in [-0.2, 0) is 9.31 Å². The van der Waals surface area contributed by atoms with Crippen molar-refractivity contribution in [2.75, 3.05) is 0 Å². The van der Waals surface area contributed by atoms with E-state index in [1.54, 1.807) is 24.4 Å². The topological polar surface area (TPSA) is 79.9 Å². The summed E-state index contributed by atoms with van der Waals surface area (Å²) in [4.78, 5) is 8.64. The van der Waals surface area contributed by atoms with Crippen LogP contribution in [0.25, 0.3) is 16.7 Å². The van der Waals surface area contributed by atoms with Crippen molar-refractivity contribution >= 4 is 35.2 Å². The largest absolute Gasteiger partial charge is 0.497 e. The maximum Gasteiger partial charge on any atom is 0.497 e. The Labute approximate surface area is 195 Å². The van der Waals surface area contributed by atoms with Gasteiger partial charge < -0.3 is 13.9 Å². The molecule has 4 aromatic rings. The van der Waals surface area contributed by atoms with Gasteiger partial charge in [0.25, 0.3) is 0 Å². The van der Waals surface area contributed by atoms with Crippen LogP contribution in [0.1, 0.15) is 46.4 Å². The van der Waals surface area contributed by atoms with Gasteiger partial charge in [0.05, 0.1) is 28.8 Å². The van der Waals surface area contributed by atoms with E-state index in [0.29, 0.717) is 27.6 Å². The minimum Gasteiger partial charge on any atom is -0.399 e. The molecule has 1 aromatic carbocycles. The minimum absolute atomic E-state index is 0.282. The van der Waals surface area contributed by atoms with Crippen molar-refractivity contribution in [3.63, 3.8) is 0 Å². The van der Waals surface area contributed by atoms with Crippen LogP contribution in [0.3, 0.4) is 0 Å². The Kier molecular flexibility index (Phi) is 5.08. The first-order valence-electron chi connectivity index (χ1n) is 10.6. The van der Waals surface area contributed by atoms with Crippen LogP contribution in [0, 0.1) is 5.82 Å². The molecule has 1 unspecified atom stereocenters. The Balaban J connectivity index is 1.58. The van der Waals surface area contributed by atoms with Gasteiger partial charge in [-0.3, -0.25) is 0 Å². The normalized spacial score (nSPS) is 18.2. The highest BCUT2D eigenvalue weighted by Gasteiger charge is 2.52. The Morgan fingerprint density at radius 2 is 1.76 bits per heavy atom. The van der Waals surface area contributed by atoms with Crippen molar-refractivity contribution in [2.24, 2.45) is 0 Å².